The zero-order valence-electron chi connectivity index (χ0n) is 13.4. The number of ether oxygens (including phenoxy) is 2. The van der Waals surface area contributed by atoms with Gasteiger partial charge in [0.15, 0.2) is 5.13 Å². The van der Waals surface area contributed by atoms with E-state index in [0.29, 0.717) is 22.1 Å². The lowest BCUT2D eigenvalue weighted by Crippen LogP contribution is -2.04. The molecule has 0 atom stereocenters. The third-order valence-electron chi connectivity index (χ3n) is 3.56. The van der Waals surface area contributed by atoms with Gasteiger partial charge in [-0.2, -0.15) is 0 Å². The van der Waals surface area contributed by atoms with Crippen molar-refractivity contribution in [1.29, 1.82) is 0 Å². The minimum atomic E-state index is -1.06. The molecule has 0 amide bonds. The van der Waals surface area contributed by atoms with Crippen molar-refractivity contribution in [3.05, 3.63) is 59.0 Å². The van der Waals surface area contributed by atoms with E-state index >= 15 is 0 Å². The number of anilines is 1. The maximum Gasteiger partial charge on any atom is 0.339 e. The van der Waals surface area contributed by atoms with Crippen molar-refractivity contribution in [3.8, 4) is 22.8 Å². The number of carboxylic acid groups (broad SMARTS) is 1. The molecule has 0 fully saturated rings. The number of hydrogen-bond acceptors (Lipinski definition) is 6. The number of nitrogens with two attached hydrogens (primary N) is 1. The minimum absolute atomic E-state index is 0.0759. The Balaban J connectivity index is 1.84. The summed E-state index contributed by atoms with van der Waals surface area (Å²) in [5, 5.41) is 11.7. The van der Waals surface area contributed by atoms with Gasteiger partial charge in [-0.15, -0.1) is 11.3 Å². The van der Waals surface area contributed by atoms with Gasteiger partial charge in [-0.3, -0.25) is 0 Å². The largest absolute Gasteiger partial charge is 0.497 e. The highest BCUT2D eigenvalue weighted by molar-refractivity contribution is 7.13. The molecule has 128 valence electrons. The Bertz CT molecular complexity index is 908. The number of benzene rings is 2. The van der Waals surface area contributed by atoms with Crippen molar-refractivity contribution >= 4 is 22.4 Å². The first kappa shape index (κ1) is 16.8. The topological polar surface area (TPSA) is 94.7 Å². The Morgan fingerprint density at radius 1 is 1.28 bits per heavy atom. The molecular formula is C18H16N2O4S. The molecule has 0 saturated heterocycles. The molecule has 0 aliphatic rings. The van der Waals surface area contributed by atoms with Crippen LogP contribution >= 0.6 is 11.3 Å². The molecular weight excluding hydrogens is 340 g/mol. The molecule has 2 aromatic carbocycles. The number of rotatable bonds is 6. The smallest absolute Gasteiger partial charge is 0.339 e. The van der Waals surface area contributed by atoms with E-state index in [-0.39, 0.29) is 12.2 Å². The molecule has 3 aromatic rings. The van der Waals surface area contributed by atoms with Crippen LogP contribution in [-0.4, -0.2) is 23.2 Å². The van der Waals surface area contributed by atoms with Gasteiger partial charge in [-0.05, 0) is 35.9 Å². The molecule has 0 radical (unpaired) electrons. The van der Waals surface area contributed by atoms with E-state index in [1.54, 1.807) is 24.6 Å². The summed E-state index contributed by atoms with van der Waals surface area (Å²) in [7, 11) is 1.59. The van der Waals surface area contributed by atoms with Gasteiger partial charge in [0.2, 0.25) is 0 Å². The SMILES string of the molecule is COc1cccc(COc2ccc(-c3csc(N)n3)cc2C(=O)O)c1. The normalized spacial score (nSPS) is 10.4. The summed E-state index contributed by atoms with van der Waals surface area (Å²) in [5.74, 6) is -0.0519. The van der Waals surface area contributed by atoms with Gasteiger partial charge >= 0.3 is 5.97 Å². The molecule has 3 N–H and O–H groups in total. The summed E-state index contributed by atoms with van der Waals surface area (Å²) in [5.41, 5.74) is 7.92. The van der Waals surface area contributed by atoms with Crippen molar-refractivity contribution < 1.29 is 19.4 Å². The summed E-state index contributed by atoms with van der Waals surface area (Å²) in [4.78, 5) is 15.8. The molecule has 0 aliphatic carbocycles. The van der Waals surface area contributed by atoms with E-state index in [0.717, 1.165) is 11.3 Å². The quantitative estimate of drug-likeness (QED) is 0.700. The third-order valence-corrected chi connectivity index (χ3v) is 4.23. The zero-order chi connectivity index (χ0) is 17.8. The van der Waals surface area contributed by atoms with Crippen LogP contribution in [0, 0.1) is 0 Å². The van der Waals surface area contributed by atoms with Crippen LogP contribution in [0.4, 0.5) is 5.13 Å². The number of carboxylic acids is 1. The Morgan fingerprint density at radius 3 is 2.80 bits per heavy atom. The molecule has 0 aliphatic heterocycles. The highest BCUT2D eigenvalue weighted by Gasteiger charge is 2.14. The minimum Gasteiger partial charge on any atom is -0.497 e. The highest BCUT2D eigenvalue weighted by atomic mass is 32.1. The maximum absolute atomic E-state index is 11.6. The average molecular weight is 356 g/mol. The molecule has 7 heteroatoms. The maximum atomic E-state index is 11.6. The molecule has 0 bridgehead atoms. The number of nitrogens with zero attached hydrogens (tertiary/aromatic N) is 1. The summed E-state index contributed by atoms with van der Waals surface area (Å²) in [6, 6.07) is 12.3. The molecule has 1 heterocycles. The molecule has 3 rings (SSSR count). The first-order valence-corrected chi connectivity index (χ1v) is 8.29. The van der Waals surface area contributed by atoms with Gasteiger partial charge in [0.1, 0.15) is 23.7 Å². The lowest BCUT2D eigenvalue weighted by molar-refractivity contribution is 0.0692. The Morgan fingerprint density at radius 2 is 2.12 bits per heavy atom. The van der Waals surface area contributed by atoms with Gasteiger partial charge < -0.3 is 20.3 Å². The lowest BCUT2D eigenvalue weighted by atomic mass is 10.1. The second kappa shape index (κ2) is 7.23. The van der Waals surface area contributed by atoms with Crippen molar-refractivity contribution in [1.82, 2.24) is 4.98 Å². The van der Waals surface area contributed by atoms with Crippen LogP contribution < -0.4 is 15.2 Å². The van der Waals surface area contributed by atoms with E-state index in [2.05, 4.69) is 4.98 Å². The fraction of sp³-hybridized carbons (Fsp3) is 0.111. The van der Waals surface area contributed by atoms with Crippen LogP contribution in [0.1, 0.15) is 15.9 Å². The van der Waals surface area contributed by atoms with Gasteiger partial charge in [-0.1, -0.05) is 12.1 Å². The van der Waals surface area contributed by atoms with Crippen LogP contribution in [0.3, 0.4) is 0 Å². The summed E-state index contributed by atoms with van der Waals surface area (Å²) >= 11 is 1.30. The zero-order valence-corrected chi connectivity index (χ0v) is 14.2. The van der Waals surface area contributed by atoms with E-state index < -0.39 is 5.97 Å². The molecule has 1 aromatic heterocycles. The number of carbonyl (C=O) groups is 1. The van der Waals surface area contributed by atoms with Crippen LogP contribution in [0.25, 0.3) is 11.3 Å². The van der Waals surface area contributed by atoms with Crippen molar-refractivity contribution in [3.63, 3.8) is 0 Å². The lowest BCUT2D eigenvalue weighted by Gasteiger charge is -2.11. The molecule has 6 nitrogen and oxygen atoms in total. The fourth-order valence-electron chi connectivity index (χ4n) is 2.33. The van der Waals surface area contributed by atoms with E-state index in [1.165, 1.54) is 17.4 Å². The van der Waals surface area contributed by atoms with E-state index in [1.807, 2.05) is 24.3 Å². The summed E-state index contributed by atoms with van der Waals surface area (Å²) < 4.78 is 10.9. The molecule has 0 spiro atoms. The van der Waals surface area contributed by atoms with Crippen LogP contribution in [-0.2, 0) is 6.61 Å². The Labute approximate surface area is 148 Å². The molecule has 0 saturated carbocycles. The van der Waals surface area contributed by atoms with Crippen molar-refractivity contribution in [2.75, 3.05) is 12.8 Å². The number of aromatic nitrogens is 1. The molecule has 0 unspecified atom stereocenters. The second-order valence-corrected chi connectivity index (χ2v) is 6.12. The average Bonchev–Trinajstić information content (AvgIpc) is 3.06. The fourth-order valence-corrected chi connectivity index (χ4v) is 2.90. The van der Waals surface area contributed by atoms with Crippen molar-refractivity contribution in [2.24, 2.45) is 0 Å². The monoisotopic (exact) mass is 356 g/mol. The van der Waals surface area contributed by atoms with Gasteiger partial charge in [0, 0.05) is 10.9 Å². The first-order valence-electron chi connectivity index (χ1n) is 7.41. The van der Waals surface area contributed by atoms with Crippen molar-refractivity contribution in [2.45, 2.75) is 6.61 Å². The van der Waals surface area contributed by atoms with E-state index in [9.17, 15) is 9.90 Å². The van der Waals surface area contributed by atoms with Crippen LogP contribution in [0.15, 0.2) is 47.8 Å². The number of hydrogen-bond donors (Lipinski definition) is 2. The number of methoxy groups -OCH3 is 1. The van der Waals surface area contributed by atoms with Gasteiger partial charge in [-0.25, -0.2) is 9.78 Å². The summed E-state index contributed by atoms with van der Waals surface area (Å²) in [6.07, 6.45) is 0. The number of nitrogen functional groups attached to an aromatic ring is 1. The second-order valence-electron chi connectivity index (χ2n) is 5.23. The number of thiazole rings is 1. The van der Waals surface area contributed by atoms with Gasteiger partial charge in [0.25, 0.3) is 0 Å². The number of aromatic carboxylic acids is 1. The van der Waals surface area contributed by atoms with E-state index in [4.69, 9.17) is 15.2 Å². The highest BCUT2D eigenvalue weighted by Crippen LogP contribution is 2.29. The predicted octanol–water partition coefficient (Wildman–Crippen LogP) is 3.68. The van der Waals surface area contributed by atoms with Gasteiger partial charge in [0.05, 0.1) is 12.8 Å². The standard InChI is InChI=1S/C18H16N2O4S/c1-23-13-4-2-3-11(7-13)9-24-16-6-5-12(8-14(16)17(21)22)15-10-25-18(19)20-15/h2-8,10H,9H2,1H3,(H2,19,20)(H,21,22). The van der Waals surface area contributed by atoms with Crippen LogP contribution in [0.2, 0.25) is 0 Å². The summed E-state index contributed by atoms with van der Waals surface area (Å²) in [6.45, 7) is 0.237. The predicted molar refractivity (Wildman–Crippen MR) is 96.2 cm³/mol. The molecule has 25 heavy (non-hydrogen) atoms. The first-order chi connectivity index (χ1) is 12.1. The Hall–Kier alpha value is -3.06. The Kier molecular flexibility index (Phi) is 4.85. The third kappa shape index (κ3) is 3.89. The van der Waals surface area contributed by atoms with Crippen LogP contribution in [0.5, 0.6) is 11.5 Å².